The van der Waals surface area contributed by atoms with Crippen molar-refractivity contribution in [3.8, 4) is 5.75 Å². The average molecular weight is 307 g/mol. The molecule has 0 spiro atoms. The van der Waals surface area contributed by atoms with E-state index in [0.29, 0.717) is 18.3 Å². The second-order valence-electron chi connectivity index (χ2n) is 3.82. The van der Waals surface area contributed by atoms with Crippen molar-refractivity contribution in [2.75, 3.05) is 18.2 Å². The molecule has 0 saturated carbocycles. The van der Waals surface area contributed by atoms with Gasteiger partial charge in [0.1, 0.15) is 5.75 Å². The highest BCUT2D eigenvalue weighted by molar-refractivity contribution is 9.09. The number of benzene rings is 1. The van der Waals surface area contributed by atoms with Crippen molar-refractivity contribution in [1.82, 2.24) is 0 Å². The van der Waals surface area contributed by atoms with Crippen LogP contribution in [-0.2, 0) is 9.84 Å². The molecule has 0 aliphatic heterocycles. The minimum Gasteiger partial charge on any atom is -0.493 e. The molecule has 1 atom stereocenters. The van der Waals surface area contributed by atoms with Crippen LogP contribution < -0.4 is 4.74 Å². The summed E-state index contributed by atoms with van der Waals surface area (Å²) in [7, 11) is -3.16. The maximum Gasteiger partial charge on any atom is 0.175 e. The maximum atomic E-state index is 11.3. The molecule has 5 heteroatoms. The van der Waals surface area contributed by atoms with Crippen LogP contribution in [0.15, 0.2) is 29.2 Å². The van der Waals surface area contributed by atoms with E-state index in [1.807, 2.05) is 0 Å². The predicted molar refractivity (Wildman–Crippen MR) is 68.0 cm³/mol. The van der Waals surface area contributed by atoms with E-state index in [9.17, 15) is 8.42 Å². The molecule has 0 bridgehead atoms. The van der Waals surface area contributed by atoms with E-state index in [0.717, 1.165) is 5.33 Å². The Kier molecular flexibility index (Phi) is 4.80. The van der Waals surface area contributed by atoms with Gasteiger partial charge < -0.3 is 4.74 Å². The Morgan fingerprint density at radius 1 is 1.44 bits per heavy atom. The molecule has 1 unspecified atom stereocenters. The van der Waals surface area contributed by atoms with Crippen LogP contribution >= 0.6 is 15.9 Å². The molecule has 0 radical (unpaired) electrons. The van der Waals surface area contributed by atoms with E-state index in [1.54, 1.807) is 24.3 Å². The second kappa shape index (κ2) is 5.68. The monoisotopic (exact) mass is 306 g/mol. The Morgan fingerprint density at radius 3 is 2.69 bits per heavy atom. The van der Waals surface area contributed by atoms with Gasteiger partial charge in [-0.2, -0.15) is 0 Å². The fraction of sp³-hybridized carbons (Fsp3) is 0.455. The zero-order chi connectivity index (χ0) is 12.2. The first kappa shape index (κ1) is 13.5. The first-order valence-corrected chi connectivity index (χ1v) is 7.93. The second-order valence-corrected chi connectivity index (χ2v) is 6.48. The molecular weight excluding hydrogens is 292 g/mol. The molecule has 0 fully saturated rings. The summed E-state index contributed by atoms with van der Waals surface area (Å²) in [4.78, 5) is 0.288. The zero-order valence-corrected chi connectivity index (χ0v) is 11.7. The number of rotatable bonds is 5. The summed E-state index contributed by atoms with van der Waals surface area (Å²) in [6.45, 7) is 2.62. The van der Waals surface area contributed by atoms with Crippen molar-refractivity contribution < 1.29 is 13.2 Å². The Hall–Kier alpha value is -0.550. The number of ether oxygens (including phenoxy) is 1. The van der Waals surface area contributed by atoms with Crippen molar-refractivity contribution in [2.45, 2.75) is 11.8 Å². The Labute approximate surface area is 105 Å². The molecule has 0 aliphatic carbocycles. The van der Waals surface area contributed by atoms with Gasteiger partial charge in [0, 0.05) is 11.6 Å². The van der Waals surface area contributed by atoms with E-state index >= 15 is 0 Å². The highest BCUT2D eigenvalue weighted by Crippen LogP contribution is 2.18. The molecule has 1 aromatic rings. The molecule has 0 N–H and O–H groups in total. The van der Waals surface area contributed by atoms with Crippen molar-refractivity contribution in [1.29, 1.82) is 0 Å². The van der Waals surface area contributed by atoms with Crippen molar-refractivity contribution in [3.05, 3.63) is 24.3 Å². The van der Waals surface area contributed by atoms with E-state index in [-0.39, 0.29) is 4.90 Å². The van der Waals surface area contributed by atoms with Gasteiger partial charge in [-0.05, 0) is 24.1 Å². The highest BCUT2D eigenvalue weighted by atomic mass is 79.9. The van der Waals surface area contributed by atoms with E-state index in [2.05, 4.69) is 22.9 Å². The van der Waals surface area contributed by atoms with Crippen LogP contribution in [-0.4, -0.2) is 26.6 Å². The zero-order valence-electron chi connectivity index (χ0n) is 9.31. The third kappa shape index (κ3) is 4.14. The third-order valence-corrected chi connectivity index (χ3v) is 4.25. The Morgan fingerprint density at radius 2 is 2.12 bits per heavy atom. The van der Waals surface area contributed by atoms with Gasteiger partial charge in [-0.25, -0.2) is 8.42 Å². The van der Waals surface area contributed by atoms with Crippen molar-refractivity contribution in [2.24, 2.45) is 5.92 Å². The topological polar surface area (TPSA) is 43.4 Å². The Balaban J connectivity index is 2.76. The molecule has 16 heavy (non-hydrogen) atoms. The molecule has 3 nitrogen and oxygen atoms in total. The Bertz CT molecular complexity index is 442. The standard InChI is InChI=1S/C11H15BrO3S/c1-9(7-12)8-15-10-4-3-5-11(6-10)16(2,13)14/h3-6,9H,7-8H2,1-2H3. The fourth-order valence-electron chi connectivity index (χ4n) is 1.08. The SMILES string of the molecule is CC(CBr)COc1cccc(S(C)(=O)=O)c1. The van der Waals surface area contributed by atoms with Crippen LogP contribution in [0.25, 0.3) is 0 Å². The summed E-state index contributed by atoms with van der Waals surface area (Å²) >= 11 is 3.36. The summed E-state index contributed by atoms with van der Waals surface area (Å²) in [5.41, 5.74) is 0. The summed E-state index contributed by atoms with van der Waals surface area (Å²) in [6.07, 6.45) is 1.19. The van der Waals surface area contributed by atoms with E-state index < -0.39 is 9.84 Å². The van der Waals surface area contributed by atoms with Crippen LogP contribution in [0.1, 0.15) is 6.92 Å². The fourth-order valence-corrected chi connectivity index (χ4v) is 1.92. The first-order chi connectivity index (χ1) is 7.43. The molecule has 0 amide bonds. The molecule has 0 saturated heterocycles. The van der Waals surface area contributed by atoms with Crippen LogP contribution in [0.2, 0.25) is 0 Å². The summed E-state index contributed by atoms with van der Waals surface area (Å²) in [6, 6.07) is 6.56. The molecule has 1 rings (SSSR count). The first-order valence-electron chi connectivity index (χ1n) is 4.92. The van der Waals surface area contributed by atoms with Gasteiger partial charge in [0.25, 0.3) is 0 Å². The van der Waals surface area contributed by atoms with Gasteiger partial charge in [0.15, 0.2) is 9.84 Å². The lowest BCUT2D eigenvalue weighted by molar-refractivity contribution is 0.273. The summed E-state index contributed by atoms with van der Waals surface area (Å²) in [5.74, 6) is 0.984. The summed E-state index contributed by atoms with van der Waals surface area (Å²) in [5, 5.41) is 0.860. The van der Waals surface area contributed by atoms with Crippen LogP contribution in [0, 0.1) is 5.92 Å². The number of hydrogen-bond donors (Lipinski definition) is 0. The highest BCUT2D eigenvalue weighted by Gasteiger charge is 2.08. The van der Waals surface area contributed by atoms with Gasteiger partial charge >= 0.3 is 0 Å². The largest absolute Gasteiger partial charge is 0.493 e. The molecular formula is C11H15BrO3S. The molecule has 1 aromatic carbocycles. The van der Waals surface area contributed by atoms with Crippen molar-refractivity contribution in [3.63, 3.8) is 0 Å². The average Bonchev–Trinajstić information content (AvgIpc) is 2.25. The number of halogens is 1. The summed E-state index contributed by atoms with van der Waals surface area (Å²) < 4.78 is 28.1. The van der Waals surface area contributed by atoms with Gasteiger partial charge in [0.05, 0.1) is 11.5 Å². The molecule has 0 aliphatic rings. The lowest BCUT2D eigenvalue weighted by atomic mass is 10.2. The minimum absolute atomic E-state index is 0.288. The smallest absolute Gasteiger partial charge is 0.175 e. The van der Waals surface area contributed by atoms with Gasteiger partial charge in [-0.1, -0.05) is 28.9 Å². The molecule has 0 heterocycles. The minimum atomic E-state index is -3.16. The van der Waals surface area contributed by atoms with Gasteiger partial charge in [-0.3, -0.25) is 0 Å². The normalized spacial score (nSPS) is 13.4. The van der Waals surface area contributed by atoms with Crippen LogP contribution in [0.5, 0.6) is 5.75 Å². The van der Waals surface area contributed by atoms with Gasteiger partial charge in [0.2, 0.25) is 0 Å². The number of hydrogen-bond acceptors (Lipinski definition) is 3. The van der Waals surface area contributed by atoms with E-state index in [1.165, 1.54) is 6.26 Å². The number of sulfone groups is 1. The third-order valence-electron chi connectivity index (χ3n) is 2.03. The predicted octanol–water partition coefficient (Wildman–Crippen LogP) is 2.50. The number of alkyl halides is 1. The lowest BCUT2D eigenvalue weighted by Gasteiger charge is -2.10. The van der Waals surface area contributed by atoms with E-state index in [4.69, 9.17) is 4.74 Å². The lowest BCUT2D eigenvalue weighted by Crippen LogP contribution is -2.09. The maximum absolute atomic E-state index is 11.3. The van der Waals surface area contributed by atoms with Gasteiger partial charge in [-0.15, -0.1) is 0 Å². The van der Waals surface area contributed by atoms with Crippen molar-refractivity contribution >= 4 is 25.8 Å². The molecule has 90 valence electrons. The van der Waals surface area contributed by atoms with Crippen LogP contribution in [0.3, 0.4) is 0 Å². The molecule has 0 aromatic heterocycles. The van der Waals surface area contributed by atoms with Crippen LogP contribution in [0.4, 0.5) is 0 Å². The quantitative estimate of drug-likeness (QED) is 0.785.